The van der Waals surface area contributed by atoms with Crippen LogP contribution < -0.4 is 15.4 Å². The predicted octanol–water partition coefficient (Wildman–Crippen LogP) is 3.30. The number of nitrogens with zero attached hydrogens (tertiary/aromatic N) is 1. The monoisotopic (exact) mass is 449 g/mol. The molecule has 23 heavy (non-hydrogen) atoms. The number of hydrogen-bond acceptors (Lipinski definition) is 3. The molecule has 2 rings (SSSR count). The summed E-state index contributed by atoms with van der Waals surface area (Å²) in [7, 11) is 0. The van der Waals surface area contributed by atoms with Gasteiger partial charge in [0.25, 0.3) is 0 Å². The van der Waals surface area contributed by atoms with E-state index < -0.39 is 0 Å². The van der Waals surface area contributed by atoms with E-state index in [1.54, 1.807) is 0 Å². The topological polar surface area (TPSA) is 45.7 Å². The molecule has 0 aromatic heterocycles. The van der Waals surface area contributed by atoms with Gasteiger partial charge in [0, 0.05) is 17.7 Å². The molecule has 0 spiro atoms. The fraction of sp³-hybridized carbons (Fsp3) is 0.588. The van der Waals surface area contributed by atoms with Gasteiger partial charge < -0.3 is 15.4 Å². The van der Waals surface area contributed by atoms with Crippen molar-refractivity contribution in [1.29, 1.82) is 0 Å². The standard InChI is InChI=1S/C17H27N3OS.HI/c1-5-18-16(20-12-17(2,3)22-4)19-11-14-10-13-8-6-7-9-15(13)21-14;/h6-9,14H,5,10-12H2,1-4H3,(H2,18,19,20);1H. The Bertz CT molecular complexity index is 497. The third-order valence-electron chi connectivity index (χ3n) is 3.73. The smallest absolute Gasteiger partial charge is 0.191 e. The van der Waals surface area contributed by atoms with E-state index in [9.17, 15) is 0 Å². The molecular weight excluding hydrogens is 421 g/mol. The van der Waals surface area contributed by atoms with Gasteiger partial charge in [-0.1, -0.05) is 18.2 Å². The van der Waals surface area contributed by atoms with Gasteiger partial charge in [-0.15, -0.1) is 24.0 Å². The van der Waals surface area contributed by atoms with Crippen LogP contribution in [0.4, 0.5) is 0 Å². The molecule has 0 bridgehead atoms. The van der Waals surface area contributed by atoms with Crippen LogP contribution in [0.3, 0.4) is 0 Å². The zero-order valence-electron chi connectivity index (χ0n) is 14.4. The number of fused-ring (bicyclic) bond motifs is 1. The Kier molecular flexibility index (Phi) is 8.53. The van der Waals surface area contributed by atoms with E-state index in [-0.39, 0.29) is 34.8 Å². The largest absolute Gasteiger partial charge is 0.488 e. The quantitative estimate of drug-likeness (QED) is 0.398. The molecule has 0 fully saturated rings. The molecule has 2 N–H and O–H groups in total. The average molecular weight is 449 g/mol. The Morgan fingerprint density at radius 1 is 1.35 bits per heavy atom. The van der Waals surface area contributed by atoms with Crippen LogP contribution in [-0.4, -0.2) is 42.7 Å². The summed E-state index contributed by atoms with van der Waals surface area (Å²) in [4.78, 5) is 4.68. The highest BCUT2D eigenvalue weighted by Gasteiger charge is 2.22. The van der Waals surface area contributed by atoms with Crippen LogP contribution in [0.15, 0.2) is 29.3 Å². The predicted molar refractivity (Wildman–Crippen MR) is 112 cm³/mol. The molecule has 1 atom stereocenters. The molecule has 1 aromatic carbocycles. The van der Waals surface area contributed by atoms with Gasteiger partial charge in [0.2, 0.25) is 0 Å². The number of ether oxygens (including phenoxy) is 1. The summed E-state index contributed by atoms with van der Waals surface area (Å²) in [5.74, 6) is 1.88. The van der Waals surface area contributed by atoms with Gasteiger partial charge >= 0.3 is 0 Å². The summed E-state index contributed by atoms with van der Waals surface area (Å²) in [6.07, 6.45) is 3.26. The Balaban J connectivity index is 0.00000264. The summed E-state index contributed by atoms with van der Waals surface area (Å²) in [5.41, 5.74) is 1.29. The second-order valence-electron chi connectivity index (χ2n) is 6.09. The highest BCUT2D eigenvalue weighted by molar-refractivity contribution is 14.0. The Labute approximate surface area is 161 Å². The van der Waals surface area contributed by atoms with Crippen LogP contribution in [0.2, 0.25) is 0 Å². The first-order valence-corrected chi connectivity index (χ1v) is 9.08. The molecule has 1 aromatic rings. The maximum absolute atomic E-state index is 5.95. The Morgan fingerprint density at radius 3 is 2.74 bits per heavy atom. The van der Waals surface area contributed by atoms with Crippen LogP contribution in [0.5, 0.6) is 5.75 Å². The van der Waals surface area contributed by atoms with Crippen LogP contribution in [-0.2, 0) is 6.42 Å². The van der Waals surface area contributed by atoms with Crippen molar-refractivity contribution in [2.45, 2.75) is 38.0 Å². The average Bonchev–Trinajstić information content (AvgIpc) is 2.93. The van der Waals surface area contributed by atoms with Crippen molar-refractivity contribution in [3.8, 4) is 5.75 Å². The highest BCUT2D eigenvalue weighted by Crippen LogP contribution is 2.27. The van der Waals surface area contributed by atoms with Gasteiger partial charge in [-0.3, -0.25) is 4.99 Å². The first kappa shape index (κ1) is 20.4. The number of nitrogens with one attached hydrogen (secondary N) is 2. The normalized spacial score (nSPS) is 17.0. The van der Waals surface area contributed by atoms with Gasteiger partial charge in [-0.2, -0.15) is 11.8 Å². The molecule has 130 valence electrons. The number of aliphatic imine (C=N–C) groups is 1. The third-order valence-corrected chi connectivity index (χ3v) is 4.96. The fourth-order valence-electron chi connectivity index (χ4n) is 2.25. The second-order valence-corrected chi connectivity index (χ2v) is 7.61. The summed E-state index contributed by atoms with van der Waals surface area (Å²) < 4.78 is 6.11. The zero-order chi connectivity index (χ0) is 16.0. The fourth-order valence-corrected chi connectivity index (χ4v) is 2.45. The van der Waals surface area contributed by atoms with Crippen LogP contribution in [0.1, 0.15) is 26.3 Å². The lowest BCUT2D eigenvalue weighted by molar-refractivity contribution is 0.235. The van der Waals surface area contributed by atoms with Crippen molar-refractivity contribution in [2.24, 2.45) is 4.99 Å². The lowest BCUT2D eigenvalue weighted by Gasteiger charge is -2.21. The minimum Gasteiger partial charge on any atom is -0.488 e. The van der Waals surface area contributed by atoms with E-state index >= 15 is 0 Å². The van der Waals surface area contributed by atoms with Crippen molar-refractivity contribution in [3.63, 3.8) is 0 Å². The van der Waals surface area contributed by atoms with E-state index in [4.69, 9.17) is 4.74 Å². The molecule has 6 heteroatoms. The molecule has 4 nitrogen and oxygen atoms in total. The third kappa shape index (κ3) is 6.41. The summed E-state index contributed by atoms with van der Waals surface area (Å²) in [5, 5.41) is 6.70. The summed E-state index contributed by atoms with van der Waals surface area (Å²) in [6, 6.07) is 8.25. The molecule has 0 saturated carbocycles. The van der Waals surface area contributed by atoms with Crippen molar-refractivity contribution < 1.29 is 4.74 Å². The Hall–Kier alpha value is -0.630. The molecule has 0 radical (unpaired) electrons. The molecule has 1 heterocycles. The molecule has 1 unspecified atom stereocenters. The number of guanidine groups is 1. The minimum atomic E-state index is 0. The number of para-hydroxylation sites is 1. The first-order valence-electron chi connectivity index (χ1n) is 7.86. The Morgan fingerprint density at radius 2 is 2.09 bits per heavy atom. The van der Waals surface area contributed by atoms with Gasteiger partial charge in [0.05, 0.1) is 13.1 Å². The number of benzene rings is 1. The van der Waals surface area contributed by atoms with E-state index in [1.165, 1.54) is 5.56 Å². The van der Waals surface area contributed by atoms with E-state index in [2.05, 4.69) is 54.8 Å². The zero-order valence-corrected chi connectivity index (χ0v) is 17.5. The lowest BCUT2D eigenvalue weighted by atomic mass is 10.1. The number of hydrogen-bond donors (Lipinski definition) is 2. The van der Waals surface area contributed by atoms with E-state index in [1.807, 2.05) is 23.9 Å². The molecule has 1 aliphatic rings. The molecule has 0 aliphatic carbocycles. The summed E-state index contributed by atoms with van der Waals surface area (Å²) in [6.45, 7) is 8.91. The van der Waals surface area contributed by atoms with E-state index in [0.29, 0.717) is 0 Å². The molecule has 0 saturated heterocycles. The first-order chi connectivity index (χ1) is 10.5. The van der Waals surface area contributed by atoms with Crippen LogP contribution in [0, 0.1) is 0 Å². The van der Waals surface area contributed by atoms with Gasteiger partial charge in [-0.25, -0.2) is 0 Å². The number of rotatable bonds is 6. The second kappa shape index (κ2) is 9.61. The van der Waals surface area contributed by atoms with E-state index in [0.717, 1.165) is 37.8 Å². The highest BCUT2D eigenvalue weighted by atomic mass is 127. The van der Waals surface area contributed by atoms with Crippen molar-refractivity contribution in [2.75, 3.05) is 25.9 Å². The van der Waals surface area contributed by atoms with Crippen molar-refractivity contribution >= 4 is 41.7 Å². The van der Waals surface area contributed by atoms with Crippen molar-refractivity contribution in [1.82, 2.24) is 10.6 Å². The van der Waals surface area contributed by atoms with Crippen LogP contribution >= 0.6 is 35.7 Å². The SMILES string of the molecule is CCNC(=NCC(C)(C)SC)NCC1Cc2ccccc2O1.I. The maximum atomic E-state index is 5.95. The van der Waals surface area contributed by atoms with Gasteiger partial charge in [0.1, 0.15) is 11.9 Å². The van der Waals surface area contributed by atoms with Crippen molar-refractivity contribution in [3.05, 3.63) is 29.8 Å². The van der Waals surface area contributed by atoms with Gasteiger partial charge in [-0.05, 0) is 38.7 Å². The molecule has 0 amide bonds. The lowest BCUT2D eigenvalue weighted by Crippen LogP contribution is -2.43. The summed E-state index contributed by atoms with van der Waals surface area (Å²) >= 11 is 1.83. The molecular formula is C17H28IN3OS. The minimum absolute atomic E-state index is 0. The number of halogens is 1. The van der Waals surface area contributed by atoms with Crippen LogP contribution in [0.25, 0.3) is 0 Å². The number of thioether (sulfide) groups is 1. The molecule has 1 aliphatic heterocycles. The van der Waals surface area contributed by atoms with Gasteiger partial charge in [0.15, 0.2) is 5.96 Å². The maximum Gasteiger partial charge on any atom is 0.191 e.